The molecule has 0 unspecified atom stereocenters. The Morgan fingerprint density at radius 1 is 1.14 bits per heavy atom. The standard InChI is InChI=1S/C14H7F3N4S/c15-14(16,17)10-3-1-2-8(4-10)9-5-12(22-7-9)13-11(6-18)19-21-20-13/h1-5,7H,(H,19,20,21). The van der Waals surface area contributed by atoms with Crippen molar-refractivity contribution in [2.45, 2.75) is 6.18 Å². The fraction of sp³-hybridized carbons (Fsp3) is 0.0714. The van der Waals surface area contributed by atoms with Crippen LogP contribution in [-0.2, 0) is 6.18 Å². The van der Waals surface area contributed by atoms with Crippen molar-refractivity contribution in [3.8, 4) is 27.8 Å². The third-order valence-electron chi connectivity index (χ3n) is 3.01. The molecule has 2 aromatic heterocycles. The zero-order valence-corrected chi connectivity index (χ0v) is 11.7. The van der Waals surface area contributed by atoms with E-state index in [0.717, 1.165) is 12.1 Å². The Morgan fingerprint density at radius 2 is 1.95 bits per heavy atom. The molecule has 110 valence electrons. The van der Waals surface area contributed by atoms with Crippen LogP contribution in [0.3, 0.4) is 0 Å². The number of aromatic nitrogens is 3. The van der Waals surface area contributed by atoms with E-state index in [2.05, 4.69) is 15.4 Å². The highest BCUT2D eigenvalue weighted by molar-refractivity contribution is 7.14. The molecule has 1 N–H and O–H groups in total. The van der Waals surface area contributed by atoms with E-state index in [1.54, 1.807) is 17.5 Å². The number of benzene rings is 1. The lowest BCUT2D eigenvalue weighted by atomic mass is 10.0. The number of halogens is 3. The first-order valence-electron chi connectivity index (χ1n) is 6.06. The maximum absolute atomic E-state index is 12.8. The highest BCUT2D eigenvalue weighted by Gasteiger charge is 2.30. The normalized spacial score (nSPS) is 11.4. The van der Waals surface area contributed by atoms with E-state index < -0.39 is 11.7 Å². The van der Waals surface area contributed by atoms with E-state index in [9.17, 15) is 13.2 Å². The van der Waals surface area contributed by atoms with Crippen LogP contribution in [-0.4, -0.2) is 15.4 Å². The minimum absolute atomic E-state index is 0.150. The van der Waals surface area contributed by atoms with E-state index in [1.165, 1.54) is 17.4 Å². The van der Waals surface area contributed by atoms with Crippen molar-refractivity contribution >= 4 is 11.3 Å². The number of nitriles is 1. The Balaban J connectivity index is 2.00. The fourth-order valence-electron chi connectivity index (χ4n) is 1.97. The van der Waals surface area contributed by atoms with Crippen LogP contribution < -0.4 is 0 Å². The monoisotopic (exact) mass is 320 g/mol. The Morgan fingerprint density at radius 3 is 2.68 bits per heavy atom. The summed E-state index contributed by atoms with van der Waals surface area (Å²) in [4.78, 5) is 0.665. The summed E-state index contributed by atoms with van der Waals surface area (Å²) in [5.41, 5.74) is 0.942. The van der Waals surface area contributed by atoms with Gasteiger partial charge in [-0.15, -0.1) is 16.4 Å². The van der Waals surface area contributed by atoms with E-state index in [0.29, 0.717) is 21.7 Å². The summed E-state index contributed by atoms with van der Waals surface area (Å²) in [7, 11) is 0. The molecule has 3 aromatic rings. The minimum Gasteiger partial charge on any atom is -0.196 e. The Hall–Kier alpha value is -2.66. The van der Waals surface area contributed by atoms with Gasteiger partial charge in [-0.25, -0.2) is 0 Å². The summed E-state index contributed by atoms with van der Waals surface area (Å²) < 4.78 is 38.3. The molecule has 0 radical (unpaired) electrons. The van der Waals surface area contributed by atoms with E-state index in [4.69, 9.17) is 5.26 Å². The van der Waals surface area contributed by atoms with Crippen molar-refractivity contribution in [1.82, 2.24) is 15.4 Å². The van der Waals surface area contributed by atoms with Crippen LogP contribution in [0.4, 0.5) is 13.2 Å². The van der Waals surface area contributed by atoms with Crippen molar-refractivity contribution in [3.05, 3.63) is 47.0 Å². The van der Waals surface area contributed by atoms with Gasteiger partial charge in [-0.1, -0.05) is 12.1 Å². The van der Waals surface area contributed by atoms with Crippen molar-refractivity contribution in [2.75, 3.05) is 0 Å². The molecule has 0 spiro atoms. The van der Waals surface area contributed by atoms with Gasteiger partial charge in [0.05, 0.1) is 10.4 Å². The van der Waals surface area contributed by atoms with Crippen LogP contribution in [0.25, 0.3) is 21.7 Å². The Labute approximate surface area is 126 Å². The van der Waals surface area contributed by atoms with Crippen LogP contribution in [0, 0.1) is 11.3 Å². The summed E-state index contributed by atoms with van der Waals surface area (Å²) in [6.45, 7) is 0. The summed E-state index contributed by atoms with van der Waals surface area (Å²) in [6.07, 6.45) is -4.38. The molecular formula is C14H7F3N4S. The average molecular weight is 320 g/mol. The largest absolute Gasteiger partial charge is 0.416 e. The van der Waals surface area contributed by atoms with Gasteiger partial charge in [0.15, 0.2) is 5.69 Å². The molecule has 0 aliphatic carbocycles. The van der Waals surface area contributed by atoms with Gasteiger partial charge < -0.3 is 0 Å². The molecule has 0 fully saturated rings. The first kappa shape index (κ1) is 14.3. The number of rotatable bonds is 2. The molecule has 4 nitrogen and oxygen atoms in total. The fourth-order valence-corrected chi connectivity index (χ4v) is 2.87. The van der Waals surface area contributed by atoms with Crippen LogP contribution in [0.5, 0.6) is 0 Å². The maximum atomic E-state index is 12.8. The highest BCUT2D eigenvalue weighted by Crippen LogP contribution is 2.35. The number of nitrogens with one attached hydrogen (secondary N) is 1. The lowest BCUT2D eigenvalue weighted by Crippen LogP contribution is -2.04. The van der Waals surface area contributed by atoms with Gasteiger partial charge in [-0.3, -0.25) is 0 Å². The van der Waals surface area contributed by atoms with Crippen molar-refractivity contribution in [2.24, 2.45) is 0 Å². The molecule has 0 saturated carbocycles. The zero-order valence-electron chi connectivity index (χ0n) is 10.8. The molecular weight excluding hydrogens is 313 g/mol. The minimum atomic E-state index is -4.38. The number of hydrogen-bond acceptors (Lipinski definition) is 4. The summed E-state index contributed by atoms with van der Waals surface area (Å²) in [6, 6.07) is 8.70. The first-order chi connectivity index (χ1) is 10.5. The molecule has 8 heteroatoms. The third kappa shape index (κ3) is 2.58. The quantitative estimate of drug-likeness (QED) is 0.773. The number of thiophene rings is 1. The van der Waals surface area contributed by atoms with Crippen LogP contribution in [0.15, 0.2) is 35.7 Å². The van der Waals surface area contributed by atoms with Gasteiger partial charge >= 0.3 is 6.18 Å². The molecule has 0 bridgehead atoms. The van der Waals surface area contributed by atoms with Crippen molar-refractivity contribution in [1.29, 1.82) is 5.26 Å². The topological polar surface area (TPSA) is 65.4 Å². The number of H-pyrrole nitrogens is 1. The molecule has 0 aliphatic rings. The molecule has 0 amide bonds. The molecule has 22 heavy (non-hydrogen) atoms. The maximum Gasteiger partial charge on any atom is 0.416 e. The summed E-state index contributed by atoms with van der Waals surface area (Å²) in [5.74, 6) is 0. The second kappa shape index (κ2) is 5.27. The zero-order chi connectivity index (χ0) is 15.7. The second-order valence-corrected chi connectivity index (χ2v) is 5.32. The van der Waals surface area contributed by atoms with E-state index in [1.807, 2.05) is 6.07 Å². The SMILES string of the molecule is N#Cc1n[nH]nc1-c1cc(-c2cccc(C(F)(F)F)c2)cs1. The lowest BCUT2D eigenvalue weighted by Gasteiger charge is -2.07. The lowest BCUT2D eigenvalue weighted by molar-refractivity contribution is -0.137. The number of alkyl halides is 3. The van der Waals surface area contributed by atoms with Gasteiger partial charge in [-0.2, -0.15) is 28.7 Å². The molecule has 2 heterocycles. The third-order valence-corrected chi connectivity index (χ3v) is 3.95. The number of nitrogens with zero attached hydrogens (tertiary/aromatic N) is 3. The second-order valence-electron chi connectivity index (χ2n) is 4.41. The summed E-state index contributed by atoms with van der Waals surface area (Å²) in [5, 5.41) is 20.6. The smallest absolute Gasteiger partial charge is 0.196 e. The highest BCUT2D eigenvalue weighted by atomic mass is 32.1. The average Bonchev–Trinajstić information content (AvgIpc) is 3.15. The van der Waals surface area contributed by atoms with Gasteiger partial charge in [0, 0.05) is 0 Å². The van der Waals surface area contributed by atoms with Crippen molar-refractivity contribution < 1.29 is 13.2 Å². The van der Waals surface area contributed by atoms with Crippen LogP contribution in [0.2, 0.25) is 0 Å². The predicted octanol–water partition coefficient (Wildman–Crippen LogP) is 4.09. The Bertz CT molecular complexity index is 857. The molecule has 3 rings (SSSR count). The van der Waals surface area contributed by atoms with Crippen molar-refractivity contribution in [3.63, 3.8) is 0 Å². The van der Waals surface area contributed by atoms with E-state index in [-0.39, 0.29) is 5.69 Å². The van der Waals surface area contributed by atoms with Gasteiger partial charge in [-0.05, 0) is 34.7 Å². The predicted molar refractivity (Wildman–Crippen MR) is 74.8 cm³/mol. The number of hydrogen-bond donors (Lipinski definition) is 1. The van der Waals surface area contributed by atoms with Crippen LogP contribution in [0.1, 0.15) is 11.3 Å². The molecule has 0 saturated heterocycles. The summed E-state index contributed by atoms with van der Waals surface area (Å²) >= 11 is 1.29. The van der Waals surface area contributed by atoms with E-state index >= 15 is 0 Å². The first-order valence-corrected chi connectivity index (χ1v) is 6.94. The number of aromatic amines is 1. The molecule has 0 atom stereocenters. The van der Waals surface area contributed by atoms with Gasteiger partial charge in [0.2, 0.25) is 0 Å². The van der Waals surface area contributed by atoms with Crippen LogP contribution >= 0.6 is 11.3 Å². The molecule has 1 aromatic carbocycles. The Kier molecular flexibility index (Phi) is 3.42. The van der Waals surface area contributed by atoms with Gasteiger partial charge in [0.1, 0.15) is 11.8 Å². The molecule has 0 aliphatic heterocycles. The van der Waals surface area contributed by atoms with Gasteiger partial charge in [0.25, 0.3) is 0 Å².